The fourth-order valence-corrected chi connectivity index (χ4v) is 12.1. The maximum absolute atomic E-state index is 11.6. The molecule has 18 atom stereocenters. The predicted molar refractivity (Wildman–Crippen MR) is 152 cm³/mol. The van der Waals surface area contributed by atoms with Crippen LogP contribution in [0.15, 0.2) is 0 Å². The van der Waals surface area contributed by atoms with Crippen molar-refractivity contribution in [3.05, 3.63) is 0 Å². The van der Waals surface area contributed by atoms with Gasteiger partial charge in [0.05, 0.1) is 18.8 Å². The summed E-state index contributed by atoms with van der Waals surface area (Å²) >= 11 is 0. The minimum atomic E-state index is -1.43. The van der Waals surface area contributed by atoms with Gasteiger partial charge in [0.15, 0.2) is 6.29 Å². The van der Waals surface area contributed by atoms with Crippen molar-refractivity contribution >= 4 is 0 Å². The Labute approximate surface area is 245 Å². The third kappa shape index (κ3) is 4.68. The molecule has 0 bridgehead atoms. The molecule has 7 aliphatic rings. The quantitative estimate of drug-likeness (QED) is 0.324. The molecule has 8 nitrogen and oxygen atoms in total. The lowest BCUT2D eigenvalue weighted by molar-refractivity contribution is -0.317. The Hall–Kier alpha value is -0.320. The van der Waals surface area contributed by atoms with Gasteiger partial charge < -0.3 is 35.0 Å². The van der Waals surface area contributed by atoms with E-state index in [-0.39, 0.29) is 23.5 Å². The van der Waals surface area contributed by atoms with Crippen LogP contribution in [-0.2, 0) is 9.47 Å². The van der Waals surface area contributed by atoms with Gasteiger partial charge in [0.25, 0.3) is 0 Å². The van der Waals surface area contributed by atoms with Crippen LogP contribution in [0.5, 0.6) is 0 Å². The zero-order valence-electron chi connectivity index (χ0n) is 25.3. The van der Waals surface area contributed by atoms with Crippen molar-refractivity contribution in [2.75, 3.05) is 19.7 Å². The standard InChI is InChI=1S/C33H55NO7/c1-16-4-7-26-17(2)19-5-6-20-21(23(19)14-34(26)13-16)11-24-22(20)12-27(36)25-10-18(8-9-33(24,25)3)40-32-31(39)30(38)29(37)28(15-35)41-32/h16-32,35-39H,4-15H2,1-3H3/t16-,17+,18-,19-,20-,21+,22-,23+,24+,25+,26-,27+,28+,29+,30-,31+,32+,33+/m0/s1. The van der Waals surface area contributed by atoms with Crippen molar-refractivity contribution in [1.29, 1.82) is 0 Å². The number of aliphatic hydroxyl groups excluding tert-OH is 5. The molecule has 0 unspecified atom stereocenters. The van der Waals surface area contributed by atoms with Crippen LogP contribution >= 0.6 is 0 Å². The van der Waals surface area contributed by atoms with Crippen LogP contribution in [0.3, 0.4) is 0 Å². The monoisotopic (exact) mass is 577 g/mol. The van der Waals surface area contributed by atoms with Gasteiger partial charge in [-0.1, -0.05) is 20.8 Å². The van der Waals surface area contributed by atoms with E-state index in [1.54, 1.807) is 0 Å². The lowest BCUT2D eigenvalue weighted by atomic mass is 9.51. The molecule has 7 fully saturated rings. The number of piperidine rings is 2. The van der Waals surface area contributed by atoms with Crippen LogP contribution in [-0.4, -0.2) is 99.1 Å². The Morgan fingerprint density at radius 2 is 1.56 bits per heavy atom. The molecule has 4 aliphatic carbocycles. The van der Waals surface area contributed by atoms with Gasteiger partial charge in [-0.2, -0.15) is 0 Å². The fourth-order valence-electron chi connectivity index (χ4n) is 12.1. The van der Waals surface area contributed by atoms with Gasteiger partial charge in [0.2, 0.25) is 0 Å². The first kappa shape index (κ1) is 29.4. The molecule has 0 aromatic heterocycles. The molecule has 0 aromatic carbocycles. The molecule has 8 heteroatoms. The SMILES string of the molecule is C[C@H]1CC[C@H]2[C@H](C)[C@@H]3CC[C@H]4[C@@H](C[C@@H]5[C@H]4C[C@@H](O)[C@H]4C[C@@H](O[C@@H]6O[C@H](CO)[C@@H](O)[C@H](O)[C@H]6O)CC[C@]54C)[C@@H]3CN2C1. The molecule has 7 rings (SSSR count). The zero-order valence-corrected chi connectivity index (χ0v) is 25.3. The normalized spacial score (nSPS) is 59.0. The van der Waals surface area contributed by atoms with Crippen molar-refractivity contribution in [2.24, 2.45) is 58.7 Å². The highest BCUT2D eigenvalue weighted by Gasteiger charge is 2.63. The van der Waals surface area contributed by atoms with Gasteiger partial charge in [-0.25, -0.2) is 0 Å². The Balaban J connectivity index is 1.06. The fraction of sp³-hybridized carbons (Fsp3) is 1.00. The van der Waals surface area contributed by atoms with E-state index in [0.29, 0.717) is 18.3 Å². The summed E-state index contributed by atoms with van der Waals surface area (Å²) in [5, 5.41) is 52.1. The smallest absolute Gasteiger partial charge is 0.186 e. The van der Waals surface area contributed by atoms with Gasteiger partial charge in [0, 0.05) is 19.1 Å². The predicted octanol–water partition coefficient (Wildman–Crippen LogP) is 2.39. The average Bonchev–Trinajstić information content (AvgIpc) is 3.34. The molecule has 234 valence electrons. The maximum atomic E-state index is 11.6. The van der Waals surface area contributed by atoms with Crippen LogP contribution in [0.2, 0.25) is 0 Å². The lowest BCUT2D eigenvalue weighted by Gasteiger charge is -2.57. The van der Waals surface area contributed by atoms with Crippen LogP contribution in [0.25, 0.3) is 0 Å². The minimum absolute atomic E-state index is 0.0763. The molecular formula is C33H55NO7. The number of ether oxygens (including phenoxy) is 2. The van der Waals surface area contributed by atoms with Gasteiger partial charge in [-0.15, -0.1) is 0 Å². The van der Waals surface area contributed by atoms with E-state index in [1.807, 2.05) is 0 Å². The number of nitrogens with zero attached hydrogens (tertiary/aromatic N) is 1. The van der Waals surface area contributed by atoms with E-state index in [4.69, 9.17) is 9.47 Å². The first-order chi connectivity index (χ1) is 19.6. The molecule has 5 N–H and O–H groups in total. The summed E-state index contributed by atoms with van der Waals surface area (Å²) in [7, 11) is 0. The second-order valence-electron chi connectivity index (χ2n) is 15.9. The molecule has 41 heavy (non-hydrogen) atoms. The Bertz CT molecular complexity index is 949. The Kier molecular flexibility index (Phi) is 7.84. The summed E-state index contributed by atoms with van der Waals surface area (Å²) in [6, 6.07) is 0.787. The zero-order chi connectivity index (χ0) is 28.8. The second kappa shape index (κ2) is 10.9. The van der Waals surface area contributed by atoms with E-state index in [2.05, 4.69) is 25.7 Å². The summed E-state index contributed by atoms with van der Waals surface area (Å²) in [5.41, 5.74) is 0.0763. The summed E-state index contributed by atoms with van der Waals surface area (Å²) in [6.45, 7) is 9.55. The third-order valence-electron chi connectivity index (χ3n) is 14.1. The molecule has 0 amide bonds. The van der Waals surface area contributed by atoms with Crippen molar-refractivity contribution in [3.63, 3.8) is 0 Å². The Morgan fingerprint density at radius 1 is 0.780 bits per heavy atom. The van der Waals surface area contributed by atoms with E-state index >= 15 is 0 Å². The first-order valence-electron chi connectivity index (χ1n) is 17.0. The van der Waals surface area contributed by atoms with Crippen molar-refractivity contribution < 1.29 is 35.0 Å². The molecule has 3 saturated heterocycles. The van der Waals surface area contributed by atoms with Crippen LogP contribution in [0, 0.1) is 58.7 Å². The van der Waals surface area contributed by atoms with E-state index in [9.17, 15) is 25.5 Å². The highest BCUT2D eigenvalue weighted by Crippen LogP contribution is 2.67. The van der Waals surface area contributed by atoms with Gasteiger partial charge in [0.1, 0.15) is 24.4 Å². The highest BCUT2D eigenvalue weighted by atomic mass is 16.7. The molecular weight excluding hydrogens is 522 g/mol. The van der Waals surface area contributed by atoms with E-state index in [0.717, 1.165) is 60.8 Å². The molecule has 4 saturated carbocycles. The Morgan fingerprint density at radius 3 is 2.34 bits per heavy atom. The van der Waals surface area contributed by atoms with E-state index < -0.39 is 37.3 Å². The van der Waals surface area contributed by atoms with Crippen molar-refractivity contribution in [1.82, 2.24) is 4.90 Å². The number of hydrogen-bond acceptors (Lipinski definition) is 8. The summed E-state index contributed by atoms with van der Waals surface area (Å²) in [4.78, 5) is 2.88. The number of hydrogen-bond donors (Lipinski definition) is 5. The van der Waals surface area contributed by atoms with Crippen molar-refractivity contribution in [2.45, 2.75) is 128 Å². The summed E-state index contributed by atoms with van der Waals surface area (Å²) in [5.74, 6) is 6.23. The van der Waals surface area contributed by atoms with Crippen LogP contribution < -0.4 is 0 Å². The first-order valence-corrected chi connectivity index (χ1v) is 17.0. The van der Waals surface area contributed by atoms with Crippen LogP contribution in [0.1, 0.15) is 78.6 Å². The minimum Gasteiger partial charge on any atom is -0.394 e. The van der Waals surface area contributed by atoms with Crippen LogP contribution in [0.4, 0.5) is 0 Å². The van der Waals surface area contributed by atoms with Crippen molar-refractivity contribution in [3.8, 4) is 0 Å². The second-order valence-corrected chi connectivity index (χ2v) is 15.9. The molecule has 0 spiro atoms. The summed E-state index contributed by atoms with van der Waals surface area (Å²) < 4.78 is 11.9. The average molecular weight is 578 g/mol. The third-order valence-corrected chi connectivity index (χ3v) is 14.1. The largest absolute Gasteiger partial charge is 0.394 e. The molecule has 3 heterocycles. The number of fused-ring (bicyclic) bond motifs is 8. The maximum Gasteiger partial charge on any atom is 0.186 e. The molecule has 0 aromatic rings. The number of aliphatic hydroxyl groups is 5. The number of rotatable bonds is 3. The van der Waals surface area contributed by atoms with Gasteiger partial charge >= 0.3 is 0 Å². The van der Waals surface area contributed by atoms with E-state index in [1.165, 1.54) is 45.2 Å². The summed E-state index contributed by atoms with van der Waals surface area (Å²) in [6.07, 6.45) is 3.39. The highest BCUT2D eigenvalue weighted by molar-refractivity contribution is 5.12. The van der Waals surface area contributed by atoms with Gasteiger partial charge in [-0.3, -0.25) is 4.90 Å². The molecule has 0 radical (unpaired) electrons. The molecule has 3 aliphatic heterocycles. The lowest BCUT2D eigenvalue weighted by Crippen LogP contribution is -2.60. The topological polar surface area (TPSA) is 123 Å². The van der Waals surface area contributed by atoms with Gasteiger partial charge in [-0.05, 0) is 116 Å².